The van der Waals surface area contributed by atoms with Gasteiger partial charge in [-0.2, -0.15) is 0 Å². The number of hydrogen-bond acceptors (Lipinski definition) is 5. The third-order valence-corrected chi connectivity index (χ3v) is 11.6. The summed E-state index contributed by atoms with van der Waals surface area (Å²) in [6.45, 7) is 0. The zero-order valence-electron chi connectivity index (χ0n) is 29.5. The predicted molar refractivity (Wildman–Crippen MR) is 230 cm³/mol. The Kier molecular flexibility index (Phi) is 7.32. The normalized spacial score (nSPS) is 11.6. The van der Waals surface area contributed by atoms with E-state index in [9.17, 15) is 0 Å². The molecule has 55 heavy (non-hydrogen) atoms. The van der Waals surface area contributed by atoms with Crippen LogP contribution in [0, 0.1) is 0 Å². The van der Waals surface area contributed by atoms with Crippen LogP contribution in [0.3, 0.4) is 0 Å². The number of fused-ring (bicyclic) bond motifs is 7. The van der Waals surface area contributed by atoms with Crippen molar-refractivity contribution in [1.29, 1.82) is 0 Å². The Labute approximate surface area is 321 Å². The molecule has 256 valence electrons. The fraction of sp³-hybridized carbons (Fsp3) is 0. The maximum Gasteiger partial charge on any atom is 0.0973 e. The van der Waals surface area contributed by atoms with Crippen molar-refractivity contribution in [2.75, 3.05) is 0 Å². The lowest BCUT2D eigenvalue weighted by molar-refractivity contribution is 1.29. The van der Waals surface area contributed by atoms with Crippen molar-refractivity contribution < 1.29 is 0 Å². The highest BCUT2D eigenvalue weighted by molar-refractivity contribution is 7.25. The van der Waals surface area contributed by atoms with Crippen molar-refractivity contribution in [3.8, 4) is 56.2 Å². The molecule has 11 rings (SSSR count). The Morgan fingerprint density at radius 2 is 0.891 bits per heavy atom. The number of benzene rings is 7. The Morgan fingerprint density at radius 3 is 1.62 bits per heavy atom. The average molecular weight is 719 g/mol. The van der Waals surface area contributed by atoms with Crippen molar-refractivity contribution in [3.63, 3.8) is 0 Å². The molecule has 5 heteroatoms. The van der Waals surface area contributed by atoms with Gasteiger partial charge in [-0.15, -0.1) is 11.3 Å². The molecule has 0 bridgehead atoms. The van der Waals surface area contributed by atoms with Crippen molar-refractivity contribution in [2.45, 2.75) is 0 Å². The van der Waals surface area contributed by atoms with E-state index in [0.717, 1.165) is 89.0 Å². The molecule has 0 spiro atoms. The molecule has 0 saturated heterocycles. The smallest absolute Gasteiger partial charge is 0.0973 e. The summed E-state index contributed by atoms with van der Waals surface area (Å²) in [5.74, 6) is 0. The van der Waals surface area contributed by atoms with Gasteiger partial charge >= 0.3 is 0 Å². The lowest BCUT2D eigenvalue weighted by atomic mass is 9.98. The molecule has 0 amide bonds. The van der Waals surface area contributed by atoms with Gasteiger partial charge in [-0.1, -0.05) is 146 Å². The molecule has 0 aliphatic carbocycles. The molecule has 0 aliphatic heterocycles. The van der Waals surface area contributed by atoms with Gasteiger partial charge in [0.05, 0.1) is 44.8 Å². The number of thiophene rings is 1. The van der Waals surface area contributed by atoms with Gasteiger partial charge in [0.25, 0.3) is 0 Å². The van der Waals surface area contributed by atoms with E-state index in [4.69, 9.17) is 19.9 Å². The zero-order valence-corrected chi connectivity index (χ0v) is 30.3. The molecular formula is C50H30N4S. The highest BCUT2D eigenvalue weighted by Gasteiger charge is 2.17. The Balaban J connectivity index is 1.02. The SMILES string of the molecule is c1ccc(-c2nc3cccc(-c4cccc(-c5ccc6ccc7ccc(-c8ccc9c(c8)sc8ccccc89)nc7c6n5)c4)c3nc2-c2ccccc2)cc1. The molecule has 7 aromatic carbocycles. The van der Waals surface area contributed by atoms with Crippen LogP contribution in [0.15, 0.2) is 182 Å². The van der Waals surface area contributed by atoms with Gasteiger partial charge in [0.1, 0.15) is 0 Å². The highest BCUT2D eigenvalue weighted by Crippen LogP contribution is 2.38. The number of para-hydroxylation sites is 1. The van der Waals surface area contributed by atoms with Crippen molar-refractivity contribution in [3.05, 3.63) is 182 Å². The van der Waals surface area contributed by atoms with Crippen LogP contribution >= 0.6 is 11.3 Å². The van der Waals surface area contributed by atoms with E-state index in [2.05, 4.69) is 146 Å². The Hall–Kier alpha value is -7.08. The molecule has 0 atom stereocenters. The fourth-order valence-electron chi connectivity index (χ4n) is 7.73. The summed E-state index contributed by atoms with van der Waals surface area (Å²) in [5, 5.41) is 4.71. The molecule has 11 aromatic rings. The maximum atomic E-state index is 5.35. The second-order valence-corrected chi connectivity index (χ2v) is 14.9. The predicted octanol–water partition coefficient (Wildman–Crippen LogP) is 13.4. The quantitative estimate of drug-likeness (QED) is 0.166. The summed E-state index contributed by atoms with van der Waals surface area (Å²) in [7, 11) is 0. The summed E-state index contributed by atoms with van der Waals surface area (Å²) in [5.41, 5.74) is 13.4. The van der Waals surface area contributed by atoms with Crippen LogP contribution in [0.25, 0.3) is 109 Å². The summed E-state index contributed by atoms with van der Waals surface area (Å²) in [6, 6.07) is 63.6. The van der Waals surface area contributed by atoms with Crippen LogP contribution in [-0.4, -0.2) is 19.9 Å². The second-order valence-electron chi connectivity index (χ2n) is 13.8. The number of pyridine rings is 2. The van der Waals surface area contributed by atoms with Crippen molar-refractivity contribution in [2.24, 2.45) is 0 Å². The molecule has 0 N–H and O–H groups in total. The van der Waals surface area contributed by atoms with Gasteiger partial charge in [-0.3, -0.25) is 0 Å². The monoisotopic (exact) mass is 718 g/mol. The molecule has 0 aliphatic rings. The first-order chi connectivity index (χ1) is 27.2. The van der Waals surface area contributed by atoms with Crippen LogP contribution in [0.1, 0.15) is 0 Å². The minimum absolute atomic E-state index is 0.852. The fourth-order valence-corrected chi connectivity index (χ4v) is 8.87. The summed E-state index contributed by atoms with van der Waals surface area (Å²) in [4.78, 5) is 21.1. The number of rotatable bonds is 5. The van der Waals surface area contributed by atoms with Gasteiger partial charge in [0.15, 0.2) is 0 Å². The topological polar surface area (TPSA) is 51.6 Å². The van der Waals surface area contributed by atoms with E-state index >= 15 is 0 Å². The van der Waals surface area contributed by atoms with Crippen molar-refractivity contribution in [1.82, 2.24) is 19.9 Å². The molecule has 0 saturated carbocycles. The largest absolute Gasteiger partial charge is 0.245 e. The van der Waals surface area contributed by atoms with E-state index in [1.807, 2.05) is 47.7 Å². The lowest BCUT2D eigenvalue weighted by Crippen LogP contribution is -1.97. The van der Waals surface area contributed by atoms with E-state index < -0.39 is 0 Å². The van der Waals surface area contributed by atoms with Crippen LogP contribution in [0.5, 0.6) is 0 Å². The third-order valence-electron chi connectivity index (χ3n) is 10.5. The first-order valence-corrected chi connectivity index (χ1v) is 19.2. The van der Waals surface area contributed by atoms with Gasteiger partial charge in [-0.05, 0) is 42.0 Å². The molecule has 4 aromatic heterocycles. The first kappa shape index (κ1) is 31.4. The van der Waals surface area contributed by atoms with E-state index in [0.29, 0.717) is 0 Å². The zero-order chi connectivity index (χ0) is 36.3. The van der Waals surface area contributed by atoms with Gasteiger partial charge < -0.3 is 0 Å². The highest BCUT2D eigenvalue weighted by atomic mass is 32.1. The number of hydrogen-bond donors (Lipinski definition) is 0. The van der Waals surface area contributed by atoms with Crippen LogP contribution < -0.4 is 0 Å². The molecule has 0 fully saturated rings. The van der Waals surface area contributed by atoms with Gasteiger partial charge in [0, 0.05) is 58.8 Å². The van der Waals surface area contributed by atoms with Crippen molar-refractivity contribution >= 4 is 64.3 Å². The third kappa shape index (κ3) is 5.44. The van der Waals surface area contributed by atoms with E-state index in [1.54, 1.807) is 0 Å². The Bertz CT molecular complexity index is 3260. The van der Waals surface area contributed by atoms with Crippen LogP contribution in [-0.2, 0) is 0 Å². The minimum Gasteiger partial charge on any atom is -0.245 e. The standard InChI is InChI=1S/C50H30N4S/c1-3-11-31(12-4-1)46-49(32-13-5-2-6-14-32)54-50-38(18-10-19-43(50)53-46)35-15-9-16-36(29-35)41-27-24-33-21-22-34-25-28-42(52-48(34)47(33)51-41)37-23-26-40-39-17-7-8-20-44(39)55-45(40)30-37/h1-30H. The average Bonchev–Trinajstić information content (AvgIpc) is 3.64. The molecular weight excluding hydrogens is 689 g/mol. The number of nitrogens with zero attached hydrogens (tertiary/aromatic N) is 4. The lowest BCUT2D eigenvalue weighted by Gasteiger charge is -2.13. The Morgan fingerprint density at radius 1 is 0.327 bits per heavy atom. The summed E-state index contributed by atoms with van der Waals surface area (Å²) >= 11 is 1.83. The van der Waals surface area contributed by atoms with Gasteiger partial charge in [0.2, 0.25) is 0 Å². The maximum absolute atomic E-state index is 5.35. The summed E-state index contributed by atoms with van der Waals surface area (Å²) < 4.78 is 2.57. The molecule has 4 nitrogen and oxygen atoms in total. The second kappa shape index (κ2) is 12.8. The first-order valence-electron chi connectivity index (χ1n) is 18.4. The molecule has 0 radical (unpaired) electrons. The minimum atomic E-state index is 0.852. The summed E-state index contributed by atoms with van der Waals surface area (Å²) in [6.07, 6.45) is 0. The molecule has 4 heterocycles. The van der Waals surface area contributed by atoms with E-state index in [-0.39, 0.29) is 0 Å². The number of aromatic nitrogens is 4. The van der Waals surface area contributed by atoms with E-state index in [1.165, 1.54) is 20.2 Å². The van der Waals surface area contributed by atoms with Gasteiger partial charge in [-0.25, -0.2) is 19.9 Å². The van der Waals surface area contributed by atoms with Crippen LogP contribution in [0.4, 0.5) is 0 Å². The molecule has 0 unspecified atom stereocenters. The van der Waals surface area contributed by atoms with Crippen LogP contribution in [0.2, 0.25) is 0 Å².